The van der Waals surface area contributed by atoms with E-state index in [4.69, 9.17) is 23.2 Å². The van der Waals surface area contributed by atoms with Gasteiger partial charge in [0.15, 0.2) is 5.82 Å². The Morgan fingerprint density at radius 1 is 1.30 bits per heavy atom. The third-order valence-corrected chi connectivity index (χ3v) is 3.53. The Morgan fingerprint density at radius 2 is 2.00 bits per heavy atom. The van der Waals surface area contributed by atoms with E-state index in [-0.39, 0.29) is 16.7 Å². The monoisotopic (exact) mass is 318 g/mol. The van der Waals surface area contributed by atoms with Crippen molar-refractivity contribution in [3.8, 4) is 5.69 Å². The zero-order chi connectivity index (χ0) is 14.9. The van der Waals surface area contributed by atoms with Gasteiger partial charge in [-0.3, -0.25) is 0 Å². The Labute approximate surface area is 126 Å². The van der Waals surface area contributed by atoms with Crippen molar-refractivity contribution in [3.05, 3.63) is 46.2 Å². The highest BCUT2D eigenvalue weighted by Gasteiger charge is 2.19. The topological polar surface area (TPSA) is 17.8 Å². The molecule has 0 amide bonds. The maximum Gasteiger partial charge on any atom is 0.151 e. The molecule has 2 aromatic rings. The number of benzene rings is 1. The number of alkyl halides is 1. The Balaban J connectivity index is 2.54. The van der Waals surface area contributed by atoms with Crippen LogP contribution < -0.4 is 0 Å². The standard InChI is InChI=1S/C14H14Cl2F2N2/c1-8(2)5-12-10(7-15)14(16)20(19-12)13-4-3-9(17)6-11(13)18/h3-4,6,8H,5,7H2,1-2H3. The normalized spacial score (nSPS) is 11.3. The molecule has 0 saturated heterocycles. The van der Waals surface area contributed by atoms with Crippen LogP contribution >= 0.6 is 23.2 Å². The van der Waals surface area contributed by atoms with Crippen LogP contribution in [-0.2, 0) is 12.3 Å². The molecule has 0 bridgehead atoms. The third-order valence-electron chi connectivity index (χ3n) is 2.88. The van der Waals surface area contributed by atoms with Gasteiger partial charge >= 0.3 is 0 Å². The molecule has 0 radical (unpaired) electrons. The van der Waals surface area contributed by atoms with E-state index in [1.165, 1.54) is 16.8 Å². The minimum atomic E-state index is -0.716. The van der Waals surface area contributed by atoms with E-state index in [1.54, 1.807) is 0 Å². The molecule has 2 rings (SSSR count). The zero-order valence-electron chi connectivity index (χ0n) is 11.1. The summed E-state index contributed by atoms with van der Waals surface area (Å²) in [5.41, 5.74) is 1.53. The fourth-order valence-electron chi connectivity index (χ4n) is 1.97. The number of hydrogen-bond acceptors (Lipinski definition) is 1. The Bertz CT molecular complexity index is 624. The fraction of sp³-hybridized carbons (Fsp3) is 0.357. The molecule has 0 fully saturated rings. The number of nitrogens with zero attached hydrogens (tertiary/aromatic N) is 2. The summed E-state index contributed by atoms with van der Waals surface area (Å²) >= 11 is 12.1. The van der Waals surface area contributed by atoms with Crippen molar-refractivity contribution in [2.45, 2.75) is 26.1 Å². The highest BCUT2D eigenvalue weighted by atomic mass is 35.5. The molecule has 0 atom stereocenters. The van der Waals surface area contributed by atoms with Gasteiger partial charge in [0.2, 0.25) is 0 Å². The molecule has 0 aliphatic carbocycles. The second-order valence-electron chi connectivity index (χ2n) is 4.96. The average molecular weight is 319 g/mol. The first-order valence-corrected chi connectivity index (χ1v) is 7.13. The third kappa shape index (κ3) is 2.96. The summed E-state index contributed by atoms with van der Waals surface area (Å²) in [4.78, 5) is 0. The van der Waals surface area contributed by atoms with Gasteiger partial charge < -0.3 is 0 Å². The van der Waals surface area contributed by atoms with Crippen molar-refractivity contribution in [1.29, 1.82) is 0 Å². The number of rotatable bonds is 4. The van der Waals surface area contributed by atoms with Crippen LogP contribution in [0, 0.1) is 17.6 Å². The van der Waals surface area contributed by atoms with Crippen LogP contribution in [0.2, 0.25) is 5.15 Å². The van der Waals surface area contributed by atoms with Crippen LogP contribution in [0.15, 0.2) is 18.2 Å². The van der Waals surface area contributed by atoms with Crippen molar-refractivity contribution in [2.75, 3.05) is 0 Å². The average Bonchev–Trinajstić information content (AvgIpc) is 2.65. The highest BCUT2D eigenvalue weighted by Crippen LogP contribution is 2.28. The van der Waals surface area contributed by atoms with Gasteiger partial charge in [0, 0.05) is 11.6 Å². The lowest BCUT2D eigenvalue weighted by Crippen LogP contribution is -2.02. The maximum atomic E-state index is 13.8. The predicted molar refractivity (Wildman–Crippen MR) is 76.6 cm³/mol. The van der Waals surface area contributed by atoms with Crippen molar-refractivity contribution >= 4 is 23.2 Å². The van der Waals surface area contributed by atoms with Crippen molar-refractivity contribution in [1.82, 2.24) is 9.78 Å². The first kappa shape index (κ1) is 15.3. The van der Waals surface area contributed by atoms with Gasteiger partial charge in [-0.25, -0.2) is 13.5 Å². The van der Waals surface area contributed by atoms with Crippen LogP contribution in [-0.4, -0.2) is 9.78 Å². The van der Waals surface area contributed by atoms with E-state index in [0.717, 1.165) is 11.8 Å². The van der Waals surface area contributed by atoms with Gasteiger partial charge in [0.25, 0.3) is 0 Å². The molecule has 1 aromatic heterocycles. The minimum Gasteiger partial charge on any atom is -0.219 e. The number of aromatic nitrogens is 2. The summed E-state index contributed by atoms with van der Waals surface area (Å²) in [6, 6.07) is 3.27. The van der Waals surface area contributed by atoms with Crippen LogP contribution in [0.25, 0.3) is 5.69 Å². The molecule has 1 heterocycles. The Hall–Kier alpha value is -1.13. The summed E-state index contributed by atoms with van der Waals surface area (Å²) < 4.78 is 28.1. The maximum absolute atomic E-state index is 13.8. The van der Waals surface area contributed by atoms with Crippen LogP contribution in [0.1, 0.15) is 25.1 Å². The molecule has 108 valence electrons. The molecule has 1 aromatic carbocycles. The number of halogens is 4. The molecule has 2 nitrogen and oxygen atoms in total. The van der Waals surface area contributed by atoms with Crippen molar-refractivity contribution in [2.24, 2.45) is 5.92 Å². The molecular weight excluding hydrogens is 305 g/mol. The quantitative estimate of drug-likeness (QED) is 0.744. The van der Waals surface area contributed by atoms with E-state index in [0.29, 0.717) is 17.9 Å². The van der Waals surface area contributed by atoms with E-state index in [2.05, 4.69) is 5.10 Å². The lowest BCUT2D eigenvalue weighted by Gasteiger charge is -2.04. The first-order valence-electron chi connectivity index (χ1n) is 6.21. The van der Waals surface area contributed by atoms with Gasteiger partial charge in [-0.15, -0.1) is 11.6 Å². The van der Waals surface area contributed by atoms with Gasteiger partial charge in [-0.2, -0.15) is 5.10 Å². The Morgan fingerprint density at radius 3 is 2.55 bits per heavy atom. The molecule has 0 unspecified atom stereocenters. The molecular formula is C14H14Cl2F2N2. The number of hydrogen-bond donors (Lipinski definition) is 0. The van der Waals surface area contributed by atoms with E-state index >= 15 is 0 Å². The fourth-order valence-corrected chi connectivity index (χ4v) is 2.62. The summed E-state index contributed by atoms with van der Waals surface area (Å²) in [5.74, 6) is -0.792. The van der Waals surface area contributed by atoms with Crippen molar-refractivity contribution < 1.29 is 8.78 Å². The van der Waals surface area contributed by atoms with E-state index in [1.807, 2.05) is 13.8 Å². The molecule has 0 N–H and O–H groups in total. The van der Waals surface area contributed by atoms with E-state index in [9.17, 15) is 8.78 Å². The van der Waals surface area contributed by atoms with Crippen LogP contribution in [0.4, 0.5) is 8.78 Å². The summed E-state index contributed by atoms with van der Waals surface area (Å²) in [6.07, 6.45) is 0.692. The van der Waals surface area contributed by atoms with Gasteiger partial charge in [0.1, 0.15) is 16.7 Å². The minimum absolute atomic E-state index is 0.109. The summed E-state index contributed by atoms with van der Waals surface area (Å²) in [7, 11) is 0. The van der Waals surface area contributed by atoms with Gasteiger partial charge in [0.05, 0.1) is 11.6 Å². The Kier molecular flexibility index (Phi) is 4.66. The smallest absolute Gasteiger partial charge is 0.151 e. The van der Waals surface area contributed by atoms with Gasteiger partial charge in [-0.05, 0) is 24.5 Å². The molecule has 6 heteroatoms. The molecule has 0 aliphatic rings. The van der Waals surface area contributed by atoms with E-state index < -0.39 is 11.6 Å². The predicted octanol–water partition coefficient (Wildman–Crippen LogP) is 4.74. The molecule has 0 saturated carbocycles. The lowest BCUT2D eigenvalue weighted by molar-refractivity contribution is 0.571. The summed E-state index contributed by atoms with van der Waals surface area (Å²) in [5, 5.41) is 4.58. The van der Waals surface area contributed by atoms with Crippen LogP contribution in [0.5, 0.6) is 0 Å². The highest BCUT2D eigenvalue weighted by molar-refractivity contribution is 6.31. The summed E-state index contributed by atoms with van der Waals surface area (Å²) in [6.45, 7) is 4.09. The largest absolute Gasteiger partial charge is 0.219 e. The second-order valence-corrected chi connectivity index (χ2v) is 5.58. The molecule has 20 heavy (non-hydrogen) atoms. The van der Waals surface area contributed by atoms with Gasteiger partial charge in [-0.1, -0.05) is 25.4 Å². The zero-order valence-corrected chi connectivity index (χ0v) is 12.6. The van der Waals surface area contributed by atoms with Crippen LogP contribution in [0.3, 0.4) is 0 Å². The SMILES string of the molecule is CC(C)Cc1nn(-c2ccc(F)cc2F)c(Cl)c1CCl. The lowest BCUT2D eigenvalue weighted by atomic mass is 10.1. The molecule has 0 aliphatic heterocycles. The second kappa shape index (κ2) is 6.10. The molecule has 0 spiro atoms. The first-order chi connectivity index (χ1) is 9.43. The van der Waals surface area contributed by atoms with Crippen molar-refractivity contribution in [3.63, 3.8) is 0 Å².